The van der Waals surface area contributed by atoms with Crippen LogP contribution in [0.4, 0.5) is 0 Å². The molecule has 0 nitrogen and oxygen atoms in total. The van der Waals surface area contributed by atoms with E-state index in [0.29, 0.717) is 0 Å². The van der Waals surface area contributed by atoms with Crippen molar-refractivity contribution in [2.45, 2.75) is 73.6 Å². The lowest BCUT2D eigenvalue weighted by molar-refractivity contribution is 0.324. The van der Waals surface area contributed by atoms with Crippen LogP contribution in [0.1, 0.15) is 73.6 Å². The average molecular weight is 250 g/mol. The van der Waals surface area contributed by atoms with Crippen LogP contribution in [-0.4, -0.2) is 0 Å². The van der Waals surface area contributed by atoms with Gasteiger partial charge < -0.3 is 0 Å². The summed E-state index contributed by atoms with van der Waals surface area (Å²) in [7, 11) is 0. The Balaban J connectivity index is 2.34. The van der Waals surface area contributed by atoms with E-state index in [0.717, 1.165) is 29.6 Å². The van der Waals surface area contributed by atoms with Gasteiger partial charge in [0.25, 0.3) is 0 Å². The molecule has 0 aromatic carbocycles. The summed E-state index contributed by atoms with van der Waals surface area (Å²) < 4.78 is 0. The van der Waals surface area contributed by atoms with E-state index >= 15 is 0 Å². The third-order valence-corrected chi connectivity index (χ3v) is 5.10. The minimum Gasteiger partial charge on any atom is -0.0819 e. The van der Waals surface area contributed by atoms with Crippen molar-refractivity contribution in [2.75, 3.05) is 0 Å². The minimum absolute atomic E-state index is 0.757. The molecule has 0 spiro atoms. The predicted octanol–water partition coefficient (Wildman–Crippen LogP) is 6.08. The maximum absolute atomic E-state index is 2.56. The first-order chi connectivity index (χ1) is 8.47. The van der Waals surface area contributed by atoms with Crippen LogP contribution in [-0.2, 0) is 0 Å². The van der Waals surface area contributed by atoms with Crippen LogP contribution in [0.3, 0.4) is 0 Å². The highest BCUT2D eigenvalue weighted by atomic mass is 14.4. The monoisotopic (exact) mass is 250 g/mol. The summed E-state index contributed by atoms with van der Waals surface area (Å²) in [5.41, 5.74) is 1.76. The first-order valence-corrected chi connectivity index (χ1v) is 8.17. The third-order valence-electron chi connectivity index (χ3n) is 5.10. The Morgan fingerprint density at radius 3 is 2.33 bits per heavy atom. The van der Waals surface area contributed by atoms with E-state index in [4.69, 9.17) is 0 Å². The summed E-state index contributed by atoms with van der Waals surface area (Å²) in [5, 5.41) is 0. The number of unbranched alkanes of at least 4 members (excludes halogenated alkanes) is 2. The number of rotatable bonds is 8. The average Bonchev–Trinajstić information content (AvgIpc) is 3.07. The van der Waals surface area contributed by atoms with Gasteiger partial charge in [0.15, 0.2) is 0 Å². The second kappa shape index (κ2) is 7.36. The lowest BCUT2D eigenvalue weighted by Crippen LogP contribution is -2.10. The highest BCUT2D eigenvalue weighted by molar-refractivity contribution is 5.25. The Hall–Kier alpha value is -0.260. The van der Waals surface area contributed by atoms with Gasteiger partial charge in [0.1, 0.15) is 0 Å². The molecule has 106 valence electrons. The second-order valence-corrected chi connectivity index (χ2v) is 6.99. The largest absolute Gasteiger partial charge is 0.0819 e. The first kappa shape index (κ1) is 15.8. The highest BCUT2D eigenvalue weighted by Crippen LogP contribution is 2.48. The molecule has 4 unspecified atom stereocenters. The Labute approximate surface area is 115 Å². The summed E-state index contributed by atoms with van der Waals surface area (Å²) in [6.45, 7) is 14.3. The van der Waals surface area contributed by atoms with Crippen LogP contribution in [0, 0.1) is 29.6 Å². The van der Waals surface area contributed by atoms with Gasteiger partial charge in [-0.1, -0.05) is 78.9 Å². The van der Waals surface area contributed by atoms with Gasteiger partial charge in [0, 0.05) is 0 Å². The lowest BCUT2D eigenvalue weighted by atomic mass is 9.86. The van der Waals surface area contributed by atoms with Gasteiger partial charge in [-0.05, 0) is 36.0 Å². The third kappa shape index (κ3) is 4.78. The Morgan fingerprint density at radius 2 is 1.78 bits per heavy atom. The zero-order chi connectivity index (χ0) is 13.7. The zero-order valence-electron chi connectivity index (χ0n) is 13.5. The lowest BCUT2D eigenvalue weighted by Gasteiger charge is -2.19. The molecule has 4 atom stereocenters. The molecule has 18 heavy (non-hydrogen) atoms. The van der Waals surface area contributed by atoms with Crippen LogP contribution in [0.2, 0.25) is 0 Å². The molecule has 0 aromatic rings. The molecule has 0 saturated heterocycles. The first-order valence-electron chi connectivity index (χ1n) is 8.17. The molecule has 1 aliphatic rings. The normalized spacial score (nSPS) is 26.4. The van der Waals surface area contributed by atoms with E-state index in [1.165, 1.54) is 32.1 Å². The van der Waals surface area contributed by atoms with E-state index in [2.05, 4.69) is 47.6 Å². The van der Waals surface area contributed by atoms with Gasteiger partial charge in [0.2, 0.25) is 0 Å². The zero-order valence-corrected chi connectivity index (χ0v) is 13.5. The number of hydrogen-bond acceptors (Lipinski definition) is 0. The van der Waals surface area contributed by atoms with Gasteiger partial charge >= 0.3 is 0 Å². The van der Waals surface area contributed by atoms with Crippen LogP contribution in [0.15, 0.2) is 11.6 Å². The maximum Gasteiger partial charge on any atom is -0.0137 e. The Kier molecular flexibility index (Phi) is 6.46. The quantitative estimate of drug-likeness (QED) is 0.362. The minimum atomic E-state index is 0.757. The molecule has 1 fully saturated rings. The van der Waals surface area contributed by atoms with Crippen LogP contribution < -0.4 is 0 Å². The van der Waals surface area contributed by atoms with E-state index in [1.807, 2.05) is 0 Å². The summed E-state index contributed by atoms with van der Waals surface area (Å²) in [4.78, 5) is 0. The maximum atomic E-state index is 2.56. The number of hydrogen-bond donors (Lipinski definition) is 0. The Morgan fingerprint density at radius 1 is 1.11 bits per heavy atom. The smallest absolute Gasteiger partial charge is 0.0137 e. The fourth-order valence-corrected chi connectivity index (χ4v) is 2.82. The fourth-order valence-electron chi connectivity index (χ4n) is 2.82. The summed E-state index contributed by atoms with van der Waals surface area (Å²) in [5.74, 6) is 4.26. The van der Waals surface area contributed by atoms with Crippen LogP contribution in [0.25, 0.3) is 0 Å². The van der Waals surface area contributed by atoms with Gasteiger partial charge in [-0.3, -0.25) is 0 Å². The summed E-state index contributed by atoms with van der Waals surface area (Å²) in [6, 6.07) is 0. The van der Waals surface area contributed by atoms with Crippen molar-refractivity contribution in [2.24, 2.45) is 29.6 Å². The molecule has 0 N–H and O–H groups in total. The second-order valence-electron chi connectivity index (χ2n) is 6.99. The molecule has 0 bridgehead atoms. The van der Waals surface area contributed by atoms with E-state index in [-0.39, 0.29) is 0 Å². The molecule has 1 rings (SSSR count). The van der Waals surface area contributed by atoms with Crippen molar-refractivity contribution in [1.82, 2.24) is 0 Å². The molecule has 0 heteroatoms. The molecule has 1 saturated carbocycles. The molecule has 1 aliphatic carbocycles. The van der Waals surface area contributed by atoms with E-state index in [1.54, 1.807) is 5.57 Å². The Bertz CT molecular complexity index is 261. The molecule has 0 aromatic heterocycles. The van der Waals surface area contributed by atoms with Gasteiger partial charge in [-0.2, -0.15) is 0 Å². The molecule has 0 amide bonds. The van der Waals surface area contributed by atoms with Gasteiger partial charge in [0.05, 0.1) is 0 Å². The van der Waals surface area contributed by atoms with Gasteiger partial charge in [-0.25, -0.2) is 0 Å². The standard InChI is InChI=1S/C18H34/c1-7-8-9-10-14(4)16(6)18-12-17(18)11-15(5)13(2)3/h11,13-16,18H,7-10,12H2,1-6H3. The van der Waals surface area contributed by atoms with Crippen molar-refractivity contribution in [3.05, 3.63) is 11.6 Å². The molecule has 0 heterocycles. The molecule has 0 aliphatic heterocycles. The fraction of sp³-hybridized carbons (Fsp3) is 0.889. The van der Waals surface area contributed by atoms with Crippen LogP contribution in [0.5, 0.6) is 0 Å². The van der Waals surface area contributed by atoms with Crippen molar-refractivity contribution in [1.29, 1.82) is 0 Å². The summed E-state index contributed by atoms with van der Waals surface area (Å²) >= 11 is 0. The summed E-state index contributed by atoms with van der Waals surface area (Å²) in [6.07, 6.45) is 9.56. The molecule has 0 radical (unpaired) electrons. The topological polar surface area (TPSA) is 0 Å². The van der Waals surface area contributed by atoms with E-state index < -0.39 is 0 Å². The SMILES string of the molecule is CCCCCC(C)C(C)C1CC1=CC(C)C(C)C. The van der Waals surface area contributed by atoms with E-state index in [9.17, 15) is 0 Å². The van der Waals surface area contributed by atoms with Crippen molar-refractivity contribution >= 4 is 0 Å². The van der Waals surface area contributed by atoms with Crippen LogP contribution >= 0.6 is 0 Å². The van der Waals surface area contributed by atoms with Crippen molar-refractivity contribution < 1.29 is 0 Å². The number of allylic oxidation sites excluding steroid dienone is 2. The van der Waals surface area contributed by atoms with Gasteiger partial charge in [-0.15, -0.1) is 0 Å². The molecular weight excluding hydrogens is 216 g/mol. The van der Waals surface area contributed by atoms with Crippen molar-refractivity contribution in [3.63, 3.8) is 0 Å². The van der Waals surface area contributed by atoms with Crippen molar-refractivity contribution in [3.8, 4) is 0 Å². The highest BCUT2D eigenvalue weighted by Gasteiger charge is 2.36. The molecular formula is C18H34. The predicted molar refractivity (Wildman–Crippen MR) is 82.7 cm³/mol.